The summed E-state index contributed by atoms with van der Waals surface area (Å²) in [6.45, 7) is 6.85. The lowest BCUT2D eigenvalue weighted by molar-refractivity contribution is -0.126. The minimum Gasteiger partial charge on any atom is -0.349 e. The van der Waals surface area contributed by atoms with Gasteiger partial charge in [0, 0.05) is 19.0 Å². The second-order valence-corrected chi connectivity index (χ2v) is 10.2. The van der Waals surface area contributed by atoms with Gasteiger partial charge < -0.3 is 5.32 Å². The van der Waals surface area contributed by atoms with Gasteiger partial charge >= 0.3 is 0 Å². The Balaban J connectivity index is 1.53. The third kappa shape index (κ3) is 5.70. The molecule has 1 heterocycles. The van der Waals surface area contributed by atoms with Crippen molar-refractivity contribution >= 4 is 15.9 Å². The summed E-state index contributed by atoms with van der Waals surface area (Å²) >= 11 is 0. The summed E-state index contributed by atoms with van der Waals surface area (Å²) in [6, 6.07) is 15.8. The molecule has 1 N–H and O–H groups in total. The second kappa shape index (κ2) is 9.75. The van der Waals surface area contributed by atoms with Crippen LogP contribution in [0.4, 0.5) is 0 Å². The van der Waals surface area contributed by atoms with Crippen LogP contribution >= 0.6 is 0 Å². The number of hydrogen-bond acceptors (Lipinski definition) is 3. The molecule has 0 unspecified atom stereocenters. The lowest BCUT2D eigenvalue weighted by atomic mass is 9.96. The molecule has 3 rings (SSSR count). The van der Waals surface area contributed by atoms with Crippen molar-refractivity contribution in [1.29, 1.82) is 0 Å². The lowest BCUT2D eigenvalue weighted by Gasteiger charge is -2.31. The van der Waals surface area contributed by atoms with Gasteiger partial charge in [0.05, 0.1) is 11.8 Å². The number of amides is 1. The molecule has 30 heavy (non-hydrogen) atoms. The zero-order valence-corrected chi connectivity index (χ0v) is 18.9. The van der Waals surface area contributed by atoms with E-state index >= 15 is 0 Å². The molecule has 0 aromatic heterocycles. The highest BCUT2D eigenvalue weighted by molar-refractivity contribution is 7.88. The molecule has 2 aromatic carbocycles. The van der Waals surface area contributed by atoms with E-state index in [0.717, 1.165) is 23.1 Å². The largest absolute Gasteiger partial charge is 0.349 e. The summed E-state index contributed by atoms with van der Waals surface area (Å²) in [5, 5.41) is 3.10. The van der Waals surface area contributed by atoms with Gasteiger partial charge in [-0.2, -0.15) is 0 Å². The van der Waals surface area contributed by atoms with Crippen molar-refractivity contribution in [3.05, 3.63) is 70.8 Å². The Morgan fingerprint density at radius 3 is 2.37 bits per heavy atom. The van der Waals surface area contributed by atoms with Crippen molar-refractivity contribution in [3.8, 4) is 0 Å². The third-order valence-corrected chi connectivity index (χ3v) is 7.75. The summed E-state index contributed by atoms with van der Waals surface area (Å²) in [4.78, 5) is 12.7. The van der Waals surface area contributed by atoms with Gasteiger partial charge in [-0.15, -0.1) is 0 Å². The van der Waals surface area contributed by atoms with Gasteiger partial charge in [-0.3, -0.25) is 4.79 Å². The Labute approximate surface area is 180 Å². The van der Waals surface area contributed by atoms with E-state index in [-0.39, 0.29) is 23.6 Å². The molecule has 1 fully saturated rings. The average molecular weight is 429 g/mol. The lowest BCUT2D eigenvalue weighted by Crippen LogP contribution is -2.43. The van der Waals surface area contributed by atoms with Crippen LogP contribution < -0.4 is 5.32 Å². The van der Waals surface area contributed by atoms with Crippen molar-refractivity contribution in [2.75, 3.05) is 13.1 Å². The van der Waals surface area contributed by atoms with E-state index in [9.17, 15) is 13.2 Å². The Hall–Kier alpha value is -2.18. The number of nitrogens with one attached hydrogen (secondary N) is 1. The molecule has 1 aliphatic rings. The molecule has 1 aliphatic heterocycles. The van der Waals surface area contributed by atoms with Crippen LogP contribution in [0.15, 0.2) is 48.5 Å². The molecule has 1 saturated heterocycles. The number of sulfonamides is 1. The number of aryl methyl sites for hydroxylation is 2. The van der Waals surface area contributed by atoms with Crippen LogP contribution in [-0.2, 0) is 27.0 Å². The van der Waals surface area contributed by atoms with Gasteiger partial charge in [-0.1, -0.05) is 61.0 Å². The smallest absolute Gasteiger partial charge is 0.223 e. The van der Waals surface area contributed by atoms with Crippen LogP contribution in [-0.4, -0.2) is 31.7 Å². The van der Waals surface area contributed by atoms with E-state index in [0.29, 0.717) is 25.9 Å². The molecular formula is C24H32N2O3S. The number of hydrogen-bond donors (Lipinski definition) is 1. The van der Waals surface area contributed by atoms with Gasteiger partial charge in [0.1, 0.15) is 0 Å². The zero-order chi connectivity index (χ0) is 21.7. The minimum absolute atomic E-state index is 0.0103. The van der Waals surface area contributed by atoms with E-state index in [1.54, 1.807) is 0 Å². The van der Waals surface area contributed by atoms with Crippen LogP contribution in [0.1, 0.15) is 55.0 Å². The van der Waals surface area contributed by atoms with Gasteiger partial charge in [0.25, 0.3) is 0 Å². The Kier molecular flexibility index (Phi) is 7.32. The Morgan fingerprint density at radius 2 is 1.77 bits per heavy atom. The highest BCUT2D eigenvalue weighted by atomic mass is 32.2. The fourth-order valence-corrected chi connectivity index (χ4v) is 5.51. The maximum absolute atomic E-state index is 12.8. The van der Waals surface area contributed by atoms with Gasteiger partial charge in [0.15, 0.2) is 0 Å². The fourth-order valence-electron chi connectivity index (χ4n) is 3.96. The second-order valence-electron chi connectivity index (χ2n) is 8.24. The van der Waals surface area contributed by atoms with Crippen LogP contribution in [0.5, 0.6) is 0 Å². The number of carbonyl (C=O) groups is 1. The topological polar surface area (TPSA) is 66.5 Å². The van der Waals surface area contributed by atoms with E-state index in [2.05, 4.69) is 36.5 Å². The predicted molar refractivity (Wildman–Crippen MR) is 120 cm³/mol. The summed E-state index contributed by atoms with van der Waals surface area (Å²) in [7, 11) is -3.37. The van der Waals surface area contributed by atoms with E-state index in [1.165, 1.54) is 9.87 Å². The van der Waals surface area contributed by atoms with Gasteiger partial charge in [-0.05, 0) is 49.8 Å². The minimum atomic E-state index is -3.37. The van der Waals surface area contributed by atoms with Crippen LogP contribution in [0.2, 0.25) is 0 Å². The average Bonchev–Trinajstić information content (AvgIpc) is 2.73. The number of nitrogens with zero attached hydrogens (tertiary/aromatic N) is 1. The van der Waals surface area contributed by atoms with Crippen molar-refractivity contribution in [1.82, 2.24) is 9.62 Å². The van der Waals surface area contributed by atoms with E-state index < -0.39 is 10.0 Å². The van der Waals surface area contributed by atoms with Crippen molar-refractivity contribution in [3.63, 3.8) is 0 Å². The summed E-state index contributed by atoms with van der Waals surface area (Å²) in [5.41, 5.74) is 4.21. The number of rotatable bonds is 7. The highest BCUT2D eigenvalue weighted by Gasteiger charge is 2.31. The number of carbonyl (C=O) groups excluding carboxylic acids is 1. The van der Waals surface area contributed by atoms with Crippen molar-refractivity contribution in [2.24, 2.45) is 5.92 Å². The first kappa shape index (κ1) is 22.5. The maximum atomic E-state index is 12.8. The first-order valence-corrected chi connectivity index (χ1v) is 12.3. The van der Waals surface area contributed by atoms with Crippen molar-refractivity contribution < 1.29 is 13.2 Å². The molecule has 162 valence electrons. The van der Waals surface area contributed by atoms with Crippen LogP contribution in [0.25, 0.3) is 0 Å². The Bertz CT molecular complexity index is 962. The molecule has 0 radical (unpaired) electrons. The molecule has 6 heteroatoms. The van der Waals surface area contributed by atoms with Crippen LogP contribution in [0.3, 0.4) is 0 Å². The van der Waals surface area contributed by atoms with E-state index in [1.807, 2.05) is 38.1 Å². The molecule has 0 spiro atoms. The number of benzene rings is 2. The highest BCUT2D eigenvalue weighted by Crippen LogP contribution is 2.23. The fraction of sp³-hybridized carbons (Fsp3) is 0.458. The quantitative estimate of drug-likeness (QED) is 0.725. The zero-order valence-electron chi connectivity index (χ0n) is 18.1. The molecule has 1 amide bonds. The summed E-state index contributed by atoms with van der Waals surface area (Å²) in [5.74, 6) is -0.123. The van der Waals surface area contributed by atoms with E-state index in [4.69, 9.17) is 0 Å². The molecule has 0 aliphatic carbocycles. The first-order valence-electron chi connectivity index (χ1n) is 10.7. The predicted octanol–water partition coefficient (Wildman–Crippen LogP) is 3.98. The molecule has 0 saturated carbocycles. The molecule has 2 aromatic rings. The maximum Gasteiger partial charge on any atom is 0.223 e. The normalized spacial score (nSPS) is 16.9. The third-order valence-electron chi connectivity index (χ3n) is 5.90. The molecule has 5 nitrogen and oxygen atoms in total. The molecule has 1 atom stereocenters. The number of piperidine rings is 1. The van der Waals surface area contributed by atoms with Gasteiger partial charge in [0.2, 0.25) is 15.9 Å². The van der Waals surface area contributed by atoms with Crippen molar-refractivity contribution in [2.45, 2.75) is 51.8 Å². The van der Waals surface area contributed by atoms with Gasteiger partial charge in [-0.25, -0.2) is 12.7 Å². The van der Waals surface area contributed by atoms with Crippen LogP contribution in [0, 0.1) is 12.8 Å². The Morgan fingerprint density at radius 1 is 1.10 bits per heavy atom. The summed E-state index contributed by atoms with van der Waals surface area (Å²) < 4.78 is 27.1. The standard InChI is InChI=1S/C24H32N2O3S/c1-4-20-8-10-22(11-9-20)19(3)25-24(27)23-12-14-26(15-13-23)30(28,29)17-21-7-5-6-18(2)16-21/h5-11,16,19,23H,4,12-15,17H2,1-3H3,(H,25,27)/t19-/m1/s1. The monoisotopic (exact) mass is 428 g/mol. The molecular weight excluding hydrogens is 396 g/mol. The first-order chi connectivity index (χ1) is 14.3. The SMILES string of the molecule is CCc1ccc([C@@H](C)NC(=O)C2CCN(S(=O)(=O)Cc3cccc(C)c3)CC2)cc1. The summed E-state index contributed by atoms with van der Waals surface area (Å²) in [6.07, 6.45) is 2.10. The molecule has 0 bridgehead atoms.